The molecule has 1 aliphatic rings. The van der Waals surface area contributed by atoms with Crippen LogP contribution in [0, 0.1) is 0 Å². The van der Waals surface area contributed by atoms with E-state index in [1.165, 1.54) is 11.0 Å². The lowest BCUT2D eigenvalue weighted by Gasteiger charge is -1.96. The quantitative estimate of drug-likeness (QED) is 0.537. The zero-order valence-electron chi connectivity index (χ0n) is 7.75. The van der Waals surface area contributed by atoms with Crippen LogP contribution in [-0.2, 0) is 12.9 Å². The Kier molecular flexibility index (Phi) is 0.988. The standard InChI is InChI=1S/C7H11N3/c1-2-4-7-8-6-9-10(7)5-3-1/h6H,1-5H2/i5D2. The highest BCUT2D eigenvalue weighted by atomic mass is 15.3. The first-order valence-electron chi connectivity index (χ1n) is 4.59. The summed E-state index contributed by atoms with van der Waals surface area (Å²) in [5.74, 6) is 0.775. The third-order valence-corrected chi connectivity index (χ3v) is 1.71. The number of hydrogen-bond acceptors (Lipinski definition) is 2. The summed E-state index contributed by atoms with van der Waals surface area (Å²) in [6.45, 7) is -1.33. The van der Waals surface area contributed by atoms with Gasteiger partial charge in [-0.15, -0.1) is 0 Å². The molecule has 0 aromatic carbocycles. The average Bonchev–Trinajstić information content (AvgIpc) is 2.42. The van der Waals surface area contributed by atoms with Crippen molar-refractivity contribution in [1.29, 1.82) is 0 Å². The largest absolute Gasteiger partial charge is 0.250 e. The van der Waals surface area contributed by atoms with Gasteiger partial charge in [0.05, 0.1) is 2.74 Å². The summed E-state index contributed by atoms with van der Waals surface area (Å²) in [7, 11) is 0. The maximum absolute atomic E-state index is 7.69. The molecule has 0 bridgehead atoms. The molecular formula is C7H11N3. The van der Waals surface area contributed by atoms with E-state index < -0.39 is 6.50 Å². The molecule has 2 heterocycles. The predicted molar refractivity (Wildman–Crippen MR) is 37.6 cm³/mol. The molecule has 0 spiro atoms. The second-order valence-electron chi connectivity index (χ2n) is 2.45. The highest BCUT2D eigenvalue weighted by Crippen LogP contribution is 2.09. The molecule has 3 nitrogen and oxygen atoms in total. The van der Waals surface area contributed by atoms with Gasteiger partial charge in [-0.3, -0.25) is 4.68 Å². The lowest BCUT2D eigenvalue weighted by atomic mass is 10.2. The zero-order valence-corrected chi connectivity index (χ0v) is 5.75. The van der Waals surface area contributed by atoms with Gasteiger partial charge in [0.25, 0.3) is 0 Å². The summed E-state index contributed by atoms with van der Waals surface area (Å²) in [5, 5.41) is 3.90. The van der Waals surface area contributed by atoms with Gasteiger partial charge in [-0.25, -0.2) is 4.98 Å². The second kappa shape index (κ2) is 2.40. The maximum Gasteiger partial charge on any atom is 0.138 e. The van der Waals surface area contributed by atoms with E-state index in [9.17, 15) is 0 Å². The first-order valence-corrected chi connectivity index (χ1v) is 3.59. The van der Waals surface area contributed by atoms with Crippen molar-refractivity contribution in [2.75, 3.05) is 0 Å². The van der Waals surface area contributed by atoms with Crippen molar-refractivity contribution in [2.24, 2.45) is 0 Å². The van der Waals surface area contributed by atoms with E-state index in [1.54, 1.807) is 0 Å². The van der Waals surface area contributed by atoms with Gasteiger partial charge in [0, 0.05) is 12.9 Å². The molecule has 0 saturated carbocycles. The van der Waals surface area contributed by atoms with E-state index in [0.29, 0.717) is 6.42 Å². The van der Waals surface area contributed by atoms with Gasteiger partial charge in [0.2, 0.25) is 0 Å². The first kappa shape index (κ1) is 4.11. The van der Waals surface area contributed by atoms with E-state index in [1.807, 2.05) is 0 Å². The van der Waals surface area contributed by atoms with Crippen molar-refractivity contribution in [3.8, 4) is 0 Å². The average molecular weight is 139 g/mol. The molecular weight excluding hydrogens is 126 g/mol. The molecule has 0 radical (unpaired) electrons. The van der Waals surface area contributed by atoms with Gasteiger partial charge in [-0.2, -0.15) is 5.10 Å². The third-order valence-electron chi connectivity index (χ3n) is 1.71. The smallest absolute Gasteiger partial charge is 0.138 e. The number of fused-ring (bicyclic) bond motifs is 1. The highest BCUT2D eigenvalue weighted by Gasteiger charge is 2.06. The Morgan fingerprint density at radius 2 is 2.50 bits per heavy atom. The fourth-order valence-electron chi connectivity index (χ4n) is 1.16. The Bertz CT molecular complexity index is 282. The Balaban J connectivity index is 2.43. The lowest BCUT2D eigenvalue weighted by molar-refractivity contribution is 0.575. The number of hydrogen-bond donors (Lipinski definition) is 0. The fraction of sp³-hybridized carbons (Fsp3) is 0.714. The highest BCUT2D eigenvalue weighted by molar-refractivity contribution is 4.86. The molecule has 0 amide bonds. The summed E-state index contributed by atoms with van der Waals surface area (Å²) in [4.78, 5) is 4.02. The van der Waals surface area contributed by atoms with Crippen molar-refractivity contribution < 1.29 is 2.74 Å². The zero-order chi connectivity index (χ0) is 8.60. The normalized spacial score (nSPS) is 26.0. The van der Waals surface area contributed by atoms with Crippen molar-refractivity contribution in [3.05, 3.63) is 12.2 Å². The van der Waals surface area contributed by atoms with Crippen LogP contribution >= 0.6 is 0 Å². The predicted octanol–water partition coefficient (Wildman–Crippen LogP) is 1.00. The van der Waals surface area contributed by atoms with Crippen LogP contribution < -0.4 is 0 Å². The van der Waals surface area contributed by atoms with Crippen LogP contribution in [0.4, 0.5) is 0 Å². The van der Waals surface area contributed by atoms with Crippen LogP contribution in [-0.4, -0.2) is 14.8 Å². The molecule has 3 heteroatoms. The van der Waals surface area contributed by atoms with Crippen LogP contribution in [0.3, 0.4) is 0 Å². The van der Waals surface area contributed by atoms with E-state index in [2.05, 4.69) is 10.1 Å². The van der Waals surface area contributed by atoms with E-state index in [-0.39, 0.29) is 0 Å². The molecule has 1 aliphatic heterocycles. The van der Waals surface area contributed by atoms with Crippen LogP contribution in [0.25, 0.3) is 0 Å². The number of rotatable bonds is 0. The topological polar surface area (TPSA) is 30.7 Å². The van der Waals surface area contributed by atoms with E-state index in [0.717, 1.165) is 25.1 Å². The van der Waals surface area contributed by atoms with Gasteiger partial charge < -0.3 is 0 Å². The number of aryl methyl sites for hydroxylation is 2. The lowest BCUT2D eigenvalue weighted by Crippen LogP contribution is -2.01. The summed E-state index contributed by atoms with van der Waals surface area (Å²) in [6, 6.07) is 0. The Morgan fingerprint density at radius 1 is 1.50 bits per heavy atom. The Labute approximate surface area is 62.9 Å². The van der Waals surface area contributed by atoms with Gasteiger partial charge >= 0.3 is 0 Å². The third kappa shape index (κ3) is 0.916. The molecule has 0 fully saturated rings. The maximum atomic E-state index is 7.69. The summed E-state index contributed by atoms with van der Waals surface area (Å²) >= 11 is 0. The van der Waals surface area contributed by atoms with E-state index in [4.69, 9.17) is 2.74 Å². The molecule has 1 aromatic rings. The summed E-state index contributed by atoms with van der Waals surface area (Å²) in [5.41, 5.74) is 0. The fourth-order valence-corrected chi connectivity index (χ4v) is 1.16. The van der Waals surface area contributed by atoms with Crippen LogP contribution in [0.5, 0.6) is 0 Å². The summed E-state index contributed by atoms with van der Waals surface area (Å²) in [6.07, 6.45) is 4.75. The molecule has 0 unspecified atom stereocenters. The number of aromatic nitrogens is 3. The molecule has 0 N–H and O–H groups in total. The van der Waals surface area contributed by atoms with Gasteiger partial charge in [-0.05, 0) is 12.8 Å². The Hall–Kier alpha value is -0.860. The molecule has 10 heavy (non-hydrogen) atoms. The molecule has 54 valence electrons. The van der Waals surface area contributed by atoms with Crippen molar-refractivity contribution in [1.82, 2.24) is 14.8 Å². The monoisotopic (exact) mass is 139 g/mol. The Morgan fingerprint density at radius 3 is 3.50 bits per heavy atom. The van der Waals surface area contributed by atoms with Gasteiger partial charge in [0.15, 0.2) is 0 Å². The van der Waals surface area contributed by atoms with Crippen molar-refractivity contribution in [3.63, 3.8) is 0 Å². The molecule has 0 saturated heterocycles. The van der Waals surface area contributed by atoms with Gasteiger partial charge in [0.1, 0.15) is 12.2 Å². The number of nitrogens with zero attached hydrogens (tertiary/aromatic N) is 3. The van der Waals surface area contributed by atoms with Crippen LogP contribution in [0.15, 0.2) is 6.33 Å². The minimum atomic E-state index is -1.33. The SMILES string of the molecule is [2H]C1([2H])CCCCc2ncnn21. The molecule has 2 rings (SSSR count). The minimum Gasteiger partial charge on any atom is -0.250 e. The van der Waals surface area contributed by atoms with Crippen LogP contribution in [0.1, 0.15) is 27.8 Å². The van der Waals surface area contributed by atoms with Crippen LogP contribution in [0.2, 0.25) is 0 Å². The second-order valence-corrected chi connectivity index (χ2v) is 2.45. The minimum absolute atomic E-state index is 0.545. The summed E-state index contributed by atoms with van der Waals surface area (Å²) < 4.78 is 16.8. The van der Waals surface area contributed by atoms with Crippen molar-refractivity contribution in [2.45, 2.75) is 32.2 Å². The van der Waals surface area contributed by atoms with Gasteiger partial charge in [-0.1, -0.05) is 6.42 Å². The molecule has 1 aromatic heterocycles. The van der Waals surface area contributed by atoms with Crippen molar-refractivity contribution >= 4 is 0 Å². The first-order chi connectivity index (χ1) is 5.70. The van der Waals surface area contributed by atoms with E-state index >= 15 is 0 Å². The molecule has 0 atom stereocenters. The molecule has 0 aliphatic carbocycles.